The molecule has 2 aromatic rings. The highest BCUT2D eigenvalue weighted by molar-refractivity contribution is 6.09. The highest BCUT2D eigenvalue weighted by Gasteiger charge is 2.18. The van der Waals surface area contributed by atoms with E-state index in [-0.39, 0.29) is 6.61 Å². The molecule has 0 aliphatic carbocycles. The van der Waals surface area contributed by atoms with Crippen LogP contribution in [0.4, 0.5) is 10.5 Å². The van der Waals surface area contributed by atoms with Crippen molar-refractivity contribution in [1.82, 2.24) is 5.01 Å². The highest BCUT2D eigenvalue weighted by Crippen LogP contribution is 2.18. The molecule has 3 rings (SSSR count). The smallest absolute Gasteiger partial charge is 0.411 e. The van der Waals surface area contributed by atoms with Crippen LogP contribution in [-0.2, 0) is 16.0 Å². The molecule has 1 amide bonds. The van der Waals surface area contributed by atoms with E-state index in [0.29, 0.717) is 23.5 Å². The molecule has 0 saturated carbocycles. The minimum Gasteiger partial charge on any atom is -0.465 e. The number of aliphatic hydroxyl groups is 1. The first-order valence-electron chi connectivity index (χ1n) is 9.43. The molecule has 8 heteroatoms. The number of nitrogens with one attached hydrogen (secondary N) is 1. The van der Waals surface area contributed by atoms with Gasteiger partial charge in [-0.3, -0.25) is 10.3 Å². The van der Waals surface area contributed by atoms with Crippen molar-refractivity contribution in [1.29, 1.82) is 0 Å². The Morgan fingerprint density at radius 1 is 1.20 bits per heavy atom. The van der Waals surface area contributed by atoms with Gasteiger partial charge in [-0.2, -0.15) is 5.10 Å². The molecular weight excluding hydrogens is 386 g/mol. The van der Waals surface area contributed by atoms with Crippen LogP contribution in [0.15, 0.2) is 65.8 Å². The molecule has 0 bridgehead atoms. The number of carbonyl (C=O) groups excluding carboxylic acids is 2. The Balaban J connectivity index is 1.74. The van der Waals surface area contributed by atoms with Gasteiger partial charge in [0.2, 0.25) is 0 Å². The number of benzene rings is 2. The monoisotopic (exact) mass is 409 g/mol. The number of hydrogen-bond acceptors (Lipinski definition) is 7. The first-order valence-corrected chi connectivity index (χ1v) is 9.43. The van der Waals surface area contributed by atoms with Crippen molar-refractivity contribution >= 4 is 23.5 Å². The quantitative estimate of drug-likeness (QED) is 0.711. The summed E-state index contributed by atoms with van der Waals surface area (Å²) in [5, 5.41) is 19.0. The minimum absolute atomic E-state index is 0.288. The maximum Gasteiger partial charge on any atom is 0.411 e. The van der Waals surface area contributed by atoms with E-state index in [1.807, 2.05) is 6.07 Å². The van der Waals surface area contributed by atoms with Gasteiger partial charge in [0, 0.05) is 11.3 Å². The fourth-order valence-corrected chi connectivity index (χ4v) is 2.90. The molecule has 1 atom stereocenters. The number of anilines is 1. The van der Waals surface area contributed by atoms with Crippen LogP contribution in [0.25, 0.3) is 0 Å². The molecule has 30 heavy (non-hydrogen) atoms. The number of ether oxygens (including phenoxy) is 2. The van der Waals surface area contributed by atoms with Crippen molar-refractivity contribution in [3.8, 4) is 0 Å². The Bertz CT molecular complexity index is 969. The van der Waals surface area contributed by atoms with Gasteiger partial charge in [0.25, 0.3) is 0 Å². The van der Waals surface area contributed by atoms with Gasteiger partial charge < -0.3 is 14.6 Å². The van der Waals surface area contributed by atoms with Crippen molar-refractivity contribution in [3.05, 3.63) is 77.4 Å². The molecule has 0 fully saturated rings. The first kappa shape index (κ1) is 21.1. The summed E-state index contributed by atoms with van der Waals surface area (Å²) in [6, 6.07) is 14.1. The fourth-order valence-electron chi connectivity index (χ4n) is 2.90. The fraction of sp³-hybridized carbons (Fsp3) is 0.227. The molecule has 1 heterocycles. The third kappa shape index (κ3) is 5.24. The van der Waals surface area contributed by atoms with Gasteiger partial charge in [0.1, 0.15) is 0 Å². The predicted molar refractivity (Wildman–Crippen MR) is 112 cm³/mol. The number of carbonyl (C=O) groups is 2. The van der Waals surface area contributed by atoms with Crippen LogP contribution in [0.5, 0.6) is 0 Å². The third-order valence-corrected chi connectivity index (χ3v) is 4.36. The highest BCUT2D eigenvalue weighted by atomic mass is 16.5. The Kier molecular flexibility index (Phi) is 6.82. The molecule has 156 valence electrons. The number of hydrazone groups is 1. The zero-order chi connectivity index (χ0) is 21.5. The van der Waals surface area contributed by atoms with Crippen molar-refractivity contribution in [2.24, 2.45) is 5.10 Å². The minimum atomic E-state index is -0.884. The summed E-state index contributed by atoms with van der Waals surface area (Å²) in [7, 11) is 1.33. The molecule has 0 aromatic heterocycles. The maximum atomic E-state index is 11.6. The second-order valence-corrected chi connectivity index (χ2v) is 6.47. The largest absolute Gasteiger partial charge is 0.465 e. The summed E-state index contributed by atoms with van der Waals surface area (Å²) in [5.74, 6) is -0.406. The number of methoxy groups -OCH3 is 1. The predicted octanol–water partition coefficient (Wildman–Crippen LogP) is 3.14. The number of esters is 1. The van der Waals surface area contributed by atoms with Crippen LogP contribution in [0.3, 0.4) is 0 Å². The summed E-state index contributed by atoms with van der Waals surface area (Å²) < 4.78 is 9.59. The average molecular weight is 409 g/mol. The van der Waals surface area contributed by atoms with Gasteiger partial charge in [0.05, 0.1) is 31.5 Å². The van der Waals surface area contributed by atoms with Crippen LogP contribution in [0.2, 0.25) is 0 Å². The van der Waals surface area contributed by atoms with E-state index in [1.165, 1.54) is 12.1 Å². The summed E-state index contributed by atoms with van der Waals surface area (Å²) in [6.45, 7) is 2.35. The maximum absolute atomic E-state index is 11.6. The van der Waals surface area contributed by atoms with Crippen molar-refractivity contribution in [2.75, 3.05) is 19.0 Å². The summed E-state index contributed by atoms with van der Waals surface area (Å²) in [4.78, 5) is 23.2. The van der Waals surface area contributed by atoms with E-state index in [9.17, 15) is 14.7 Å². The molecule has 0 spiro atoms. The molecule has 1 unspecified atom stereocenters. The molecule has 8 nitrogen and oxygen atoms in total. The molecular formula is C22H23N3O5. The Morgan fingerprint density at radius 2 is 1.97 bits per heavy atom. The second-order valence-electron chi connectivity index (χ2n) is 6.47. The van der Waals surface area contributed by atoms with Crippen LogP contribution in [0.1, 0.15) is 28.4 Å². The molecule has 0 saturated heterocycles. The van der Waals surface area contributed by atoms with Crippen LogP contribution in [-0.4, -0.2) is 47.8 Å². The lowest BCUT2D eigenvalue weighted by atomic mass is 10.1. The Morgan fingerprint density at radius 3 is 2.67 bits per heavy atom. The third-order valence-electron chi connectivity index (χ3n) is 4.36. The summed E-state index contributed by atoms with van der Waals surface area (Å²) in [6.07, 6.45) is 1.96. The Labute approximate surface area is 174 Å². The number of aliphatic hydroxyl groups excluding tert-OH is 1. The number of nitrogens with zero attached hydrogens (tertiary/aromatic N) is 2. The number of allylic oxidation sites excluding steroid dienone is 1. The van der Waals surface area contributed by atoms with Crippen LogP contribution >= 0.6 is 0 Å². The van der Waals surface area contributed by atoms with Gasteiger partial charge in [-0.15, -0.1) is 0 Å². The lowest BCUT2D eigenvalue weighted by molar-refractivity contribution is 0.0358. The lowest BCUT2D eigenvalue weighted by Gasteiger charge is -2.27. The number of amides is 1. The first-order chi connectivity index (χ1) is 14.5. The van der Waals surface area contributed by atoms with E-state index >= 15 is 0 Å². The van der Waals surface area contributed by atoms with Crippen molar-refractivity contribution < 1.29 is 24.2 Å². The normalized spacial score (nSPS) is 15.4. The van der Waals surface area contributed by atoms with E-state index in [2.05, 4.69) is 10.4 Å². The van der Waals surface area contributed by atoms with Gasteiger partial charge in [-0.25, -0.2) is 9.59 Å². The number of rotatable bonds is 6. The standard InChI is InChI=1S/C22H23N3O5/c1-3-30-22(28)23-18-6-4-5-15(13-18)14-25-20(26)12-11-19(24-25)16-7-9-17(10-8-16)21(27)29-2/h4-13,20,26H,3,14H2,1-2H3,(H,23,28). The Hall–Kier alpha value is -3.65. The zero-order valence-electron chi connectivity index (χ0n) is 16.7. The van der Waals surface area contributed by atoms with Gasteiger partial charge in [-0.05, 0) is 48.9 Å². The molecule has 2 N–H and O–H groups in total. The molecule has 2 aromatic carbocycles. The SMILES string of the molecule is CCOC(=O)Nc1cccc(CN2N=C(c3ccc(C(=O)OC)cc3)C=CC2O)c1. The van der Waals surface area contributed by atoms with E-state index < -0.39 is 18.3 Å². The second kappa shape index (κ2) is 9.71. The van der Waals surface area contributed by atoms with Gasteiger partial charge in [-0.1, -0.05) is 24.3 Å². The van der Waals surface area contributed by atoms with E-state index in [0.717, 1.165) is 11.1 Å². The topological polar surface area (TPSA) is 100 Å². The van der Waals surface area contributed by atoms with Crippen LogP contribution in [0, 0.1) is 0 Å². The van der Waals surface area contributed by atoms with Crippen molar-refractivity contribution in [3.63, 3.8) is 0 Å². The van der Waals surface area contributed by atoms with E-state index in [1.54, 1.807) is 61.5 Å². The average Bonchev–Trinajstić information content (AvgIpc) is 2.75. The van der Waals surface area contributed by atoms with Crippen molar-refractivity contribution in [2.45, 2.75) is 19.7 Å². The lowest BCUT2D eigenvalue weighted by Crippen LogP contribution is -2.32. The van der Waals surface area contributed by atoms with Gasteiger partial charge >= 0.3 is 12.1 Å². The summed E-state index contributed by atoms with van der Waals surface area (Å²) >= 11 is 0. The summed E-state index contributed by atoms with van der Waals surface area (Å²) in [5.41, 5.74) is 3.34. The molecule has 1 aliphatic heterocycles. The zero-order valence-corrected chi connectivity index (χ0v) is 16.7. The molecule has 0 radical (unpaired) electrons. The molecule has 1 aliphatic rings. The number of hydrogen-bond donors (Lipinski definition) is 2. The van der Waals surface area contributed by atoms with E-state index in [4.69, 9.17) is 9.47 Å². The van der Waals surface area contributed by atoms with Gasteiger partial charge in [0.15, 0.2) is 6.23 Å². The van der Waals surface area contributed by atoms with Crippen LogP contribution < -0.4 is 5.32 Å².